The predicted molar refractivity (Wildman–Crippen MR) is 80.4 cm³/mol. The van der Waals surface area contributed by atoms with E-state index in [-0.39, 0.29) is 0 Å². The lowest BCUT2D eigenvalue weighted by Crippen LogP contribution is -2.39. The fraction of sp³-hybridized carbons (Fsp3) is 0.500. The van der Waals surface area contributed by atoms with Crippen LogP contribution in [0.25, 0.3) is 0 Å². The first-order valence-electron chi connectivity index (χ1n) is 5.69. The third-order valence-electron chi connectivity index (χ3n) is 2.11. The van der Waals surface area contributed by atoms with Gasteiger partial charge in [0.15, 0.2) is 0 Å². The van der Waals surface area contributed by atoms with Crippen LogP contribution in [0.2, 0.25) is 28.2 Å². The summed E-state index contributed by atoms with van der Waals surface area (Å²) < 4.78 is 11.7. The van der Waals surface area contributed by atoms with E-state index in [4.69, 9.17) is 43.7 Å². The predicted octanol–water partition coefficient (Wildman–Crippen LogP) is 5.40. The molecule has 2 nitrogen and oxygen atoms in total. The molecule has 0 atom stereocenters. The van der Waals surface area contributed by atoms with Crippen molar-refractivity contribution in [3.8, 4) is 5.75 Å². The Bertz CT molecular complexity index is 422. The zero-order chi connectivity index (χ0) is 13.9. The summed E-state index contributed by atoms with van der Waals surface area (Å²) in [6.07, 6.45) is 0. The Morgan fingerprint density at radius 1 is 1.11 bits per heavy atom. The second kappa shape index (κ2) is 6.48. The molecule has 0 saturated carbocycles. The van der Waals surface area contributed by atoms with E-state index in [9.17, 15) is 0 Å². The lowest BCUT2D eigenvalue weighted by molar-refractivity contribution is 0.216. The highest BCUT2D eigenvalue weighted by Crippen LogP contribution is 2.39. The number of benzene rings is 1. The van der Waals surface area contributed by atoms with Crippen molar-refractivity contribution in [2.45, 2.75) is 26.9 Å². The Kier molecular flexibility index (Phi) is 5.81. The minimum atomic E-state index is -2.32. The van der Waals surface area contributed by atoms with Crippen LogP contribution in [-0.4, -0.2) is 15.2 Å². The van der Waals surface area contributed by atoms with Gasteiger partial charge in [-0.1, -0.05) is 48.7 Å². The molecule has 102 valence electrons. The highest BCUT2D eigenvalue weighted by molar-refractivity contribution is 6.65. The van der Waals surface area contributed by atoms with E-state index in [1.54, 1.807) is 12.1 Å². The van der Waals surface area contributed by atoms with Gasteiger partial charge in [0, 0.05) is 6.61 Å². The van der Waals surface area contributed by atoms with Gasteiger partial charge in [0.1, 0.15) is 10.8 Å². The van der Waals surface area contributed by atoms with E-state index in [1.165, 1.54) is 0 Å². The average molecular weight is 328 g/mol. The first-order chi connectivity index (χ1) is 8.23. The van der Waals surface area contributed by atoms with Crippen LogP contribution in [-0.2, 0) is 4.43 Å². The molecule has 0 bridgehead atoms. The second-order valence-electron chi connectivity index (χ2n) is 4.88. The summed E-state index contributed by atoms with van der Waals surface area (Å²) in [5.41, 5.74) is 0. The monoisotopic (exact) mass is 326 g/mol. The van der Waals surface area contributed by atoms with Crippen molar-refractivity contribution in [2.75, 3.05) is 6.61 Å². The highest BCUT2D eigenvalue weighted by Gasteiger charge is 2.29. The zero-order valence-electron chi connectivity index (χ0n) is 10.9. The van der Waals surface area contributed by atoms with Crippen molar-refractivity contribution < 1.29 is 8.85 Å². The van der Waals surface area contributed by atoms with Crippen LogP contribution >= 0.6 is 34.8 Å². The van der Waals surface area contributed by atoms with Crippen molar-refractivity contribution >= 4 is 43.4 Å². The maximum absolute atomic E-state index is 6.09. The summed E-state index contributed by atoms with van der Waals surface area (Å²) in [7, 11) is -2.32. The minimum absolute atomic E-state index is 0.331. The Hall–Kier alpha value is 0.0669. The van der Waals surface area contributed by atoms with Crippen molar-refractivity contribution in [2.24, 2.45) is 5.92 Å². The average Bonchev–Trinajstić information content (AvgIpc) is 2.27. The molecule has 0 aliphatic heterocycles. The standard InChI is InChI=1S/C12H17Cl3O2Si/c1-8(2)7-16-18(3,4)17-12-10(14)6-5-9(13)11(12)15/h5-6,8H,7H2,1-4H3. The minimum Gasteiger partial charge on any atom is -0.518 e. The molecule has 0 N–H and O–H groups in total. The van der Waals surface area contributed by atoms with Gasteiger partial charge < -0.3 is 8.85 Å². The van der Waals surface area contributed by atoms with Gasteiger partial charge in [-0.05, 0) is 31.1 Å². The summed E-state index contributed by atoms with van der Waals surface area (Å²) in [4.78, 5) is 0. The molecule has 0 aromatic heterocycles. The largest absolute Gasteiger partial charge is 0.518 e. The van der Waals surface area contributed by atoms with Crippen molar-refractivity contribution in [1.82, 2.24) is 0 Å². The molecule has 1 aromatic rings. The quantitative estimate of drug-likeness (QED) is 0.532. The Morgan fingerprint density at radius 2 is 1.67 bits per heavy atom. The summed E-state index contributed by atoms with van der Waals surface area (Å²) in [5, 5.41) is 1.20. The van der Waals surface area contributed by atoms with Crippen molar-refractivity contribution in [3.63, 3.8) is 0 Å². The topological polar surface area (TPSA) is 18.5 Å². The molecular weight excluding hydrogens is 311 g/mol. The first-order valence-corrected chi connectivity index (χ1v) is 9.64. The van der Waals surface area contributed by atoms with Crippen LogP contribution in [0.1, 0.15) is 13.8 Å². The van der Waals surface area contributed by atoms with E-state index >= 15 is 0 Å². The molecule has 0 saturated heterocycles. The van der Waals surface area contributed by atoms with Crippen LogP contribution < -0.4 is 4.43 Å². The van der Waals surface area contributed by atoms with Gasteiger partial charge in [-0.3, -0.25) is 0 Å². The molecule has 18 heavy (non-hydrogen) atoms. The number of hydrogen-bond donors (Lipinski definition) is 0. The first kappa shape index (κ1) is 16.1. The maximum Gasteiger partial charge on any atom is 0.392 e. The van der Waals surface area contributed by atoms with E-state index in [2.05, 4.69) is 13.8 Å². The Labute approximate surface area is 124 Å². The Morgan fingerprint density at radius 3 is 2.22 bits per heavy atom. The van der Waals surface area contributed by atoms with Gasteiger partial charge in [0.25, 0.3) is 0 Å². The molecule has 0 aliphatic rings. The van der Waals surface area contributed by atoms with Gasteiger partial charge in [0.05, 0.1) is 10.0 Å². The zero-order valence-corrected chi connectivity index (χ0v) is 14.2. The fourth-order valence-electron chi connectivity index (χ4n) is 1.24. The third kappa shape index (κ3) is 4.63. The molecule has 0 amide bonds. The van der Waals surface area contributed by atoms with Crippen LogP contribution in [0.4, 0.5) is 0 Å². The van der Waals surface area contributed by atoms with Crippen LogP contribution in [0, 0.1) is 5.92 Å². The molecule has 0 heterocycles. The van der Waals surface area contributed by atoms with Gasteiger partial charge in [-0.25, -0.2) is 0 Å². The lowest BCUT2D eigenvalue weighted by atomic mass is 10.2. The second-order valence-corrected chi connectivity index (χ2v) is 9.36. The normalized spacial score (nSPS) is 12.0. The van der Waals surface area contributed by atoms with Crippen molar-refractivity contribution in [1.29, 1.82) is 0 Å². The summed E-state index contributed by atoms with van der Waals surface area (Å²) >= 11 is 18.1. The van der Waals surface area contributed by atoms with Crippen LogP contribution in [0.5, 0.6) is 5.75 Å². The number of rotatable bonds is 5. The Balaban J connectivity index is 2.86. The number of hydrogen-bond acceptors (Lipinski definition) is 2. The lowest BCUT2D eigenvalue weighted by Gasteiger charge is -2.26. The molecule has 1 aromatic carbocycles. The summed E-state index contributed by atoms with van der Waals surface area (Å²) in [5.74, 6) is 0.858. The number of halogens is 3. The maximum atomic E-state index is 6.09. The fourth-order valence-corrected chi connectivity index (χ4v) is 3.47. The van der Waals surface area contributed by atoms with Gasteiger partial charge in [0.2, 0.25) is 0 Å². The SMILES string of the molecule is CC(C)CO[Si](C)(C)Oc1c(Cl)ccc(Cl)c1Cl. The van der Waals surface area contributed by atoms with Crippen LogP contribution in [0.15, 0.2) is 12.1 Å². The van der Waals surface area contributed by atoms with E-state index in [0.717, 1.165) is 0 Å². The van der Waals surface area contributed by atoms with Crippen LogP contribution in [0.3, 0.4) is 0 Å². The molecule has 0 aliphatic carbocycles. The molecule has 1 rings (SSSR count). The summed E-state index contributed by atoms with van der Waals surface area (Å²) in [6, 6.07) is 3.31. The van der Waals surface area contributed by atoms with Crippen molar-refractivity contribution in [3.05, 3.63) is 27.2 Å². The van der Waals surface area contributed by atoms with Gasteiger partial charge in [-0.15, -0.1) is 0 Å². The van der Waals surface area contributed by atoms with Gasteiger partial charge >= 0.3 is 8.56 Å². The molecule has 0 fully saturated rings. The van der Waals surface area contributed by atoms with E-state index in [1.807, 2.05) is 13.1 Å². The molecular formula is C12H17Cl3O2Si. The molecule has 0 radical (unpaired) electrons. The van der Waals surface area contributed by atoms with E-state index in [0.29, 0.717) is 33.3 Å². The molecule has 6 heteroatoms. The highest BCUT2D eigenvalue weighted by atomic mass is 35.5. The van der Waals surface area contributed by atoms with Gasteiger partial charge in [-0.2, -0.15) is 0 Å². The third-order valence-corrected chi connectivity index (χ3v) is 4.76. The molecule has 0 spiro atoms. The van der Waals surface area contributed by atoms with E-state index < -0.39 is 8.56 Å². The smallest absolute Gasteiger partial charge is 0.392 e. The summed E-state index contributed by atoms with van der Waals surface area (Å²) in [6.45, 7) is 8.72. The molecule has 0 unspecified atom stereocenters.